The zero-order valence-corrected chi connectivity index (χ0v) is 11.4. The van der Waals surface area contributed by atoms with E-state index in [1.54, 1.807) is 0 Å². The number of nitrogens with zero attached hydrogens (tertiary/aromatic N) is 1. The van der Waals surface area contributed by atoms with E-state index in [2.05, 4.69) is 18.0 Å². The monoisotopic (exact) mass is 271 g/mol. The van der Waals surface area contributed by atoms with Crippen molar-refractivity contribution in [1.29, 1.82) is 0 Å². The quantitative estimate of drug-likeness (QED) is 0.761. The number of rotatable bonds is 2. The predicted octanol–water partition coefficient (Wildman–Crippen LogP) is 4.90. The molecule has 96 valence electrons. The molecule has 0 spiro atoms. The molecule has 0 N–H and O–H groups in total. The number of halogens is 1. The van der Waals surface area contributed by atoms with Crippen molar-refractivity contribution in [3.05, 3.63) is 64.7 Å². The Balaban J connectivity index is 2.10. The van der Waals surface area contributed by atoms with Gasteiger partial charge in [-0.15, -0.1) is 0 Å². The lowest BCUT2D eigenvalue weighted by molar-refractivity contribution is 0.184. The first kappa shape index (κ1) is 12.2. The molecule has 3 heteroatoms. The Hall–Kier alpha value is -1.80. The Morgan fingerprint density at radius 3 is 2.63 bits per heavy atom. The Labute approximate surface area is 117 Å². The number of ether oxygens (including phenoxy) is 1. The minimum absolute atomic E-state index is 0.0416. The first-order valence-electron chi connectivity index (χ1n) is 6.38. The van der Waals surface area contributed by atoms with Crippen molar-refractivity contribution >= 4 is 23.2 Å². The van der Waals surface area contributed by atoms with Gasteiger partial charge >= 0.3 is 0 Å². The summed E-state index contributed by atoms with van der Waals surface area (Å²) in [4.78, 5) is 4.58. The van der Waals surface area contributed by atoms with E-state index in [0.29, 0.717) is 10.9 Å². The summed E-state index contributed by atoms with van der Waals surface area (Å²) in [5.74, 6) is 0.608. The molecule has 0 saturated heterocycles. The number of hydrogen-bond donors (Lipinski definition) is 0. The highest BCUT2D eigenvalue weighted by molar-refractivity contribution is 6.33. The molecule has 0 aromatic heterocycles. The van der Waals surface area contributed by atoms with Crippen LogP contribution in [0, 0.1) is 0 Å². The fraction of sp³-hybridized carbons (Fsp3) is 0.188. The molecule has 1 atom stereocenters. The van der Waals surface area contributed by atoms with Crippen LogP contribution in [0.1, 0.15) is 30.6 Å². The predicted molar refractivity (Wildman–Crippen MR) is 78.2 cm³/mol. The third kappa shape index (κ3) is 2.24. The minimum atomic E-state index is 0.0416. The fourth-order valence-electron chi connectivity index (χ4n) is 2.26. The lowest BCUT2D eigenvalue weighted by atomic mass is 10.0. The SMILES string of the molecule is CCC1OC(c2ccccc2Cl)=Nc2ccccc21. The highest BCUT2D eigenvalue weighted by atomic mass is 35.5. The smallest absolute Gasteiger partial charge is 0.223 e. The minimum Gasteiger partial charge on any atom is -0.469 e. The van der Waals surface area contributed by atoms with Gasteiger partial charge in [0.05, 0.1) is 16.3 Å². The Bertz CT molecular complexity index is 636. The van der Waals surface area contributed by atoms with Gasteiger partial charge in [0.2, 0.25) is 5.90 Å². The number of aliphatic imine (C=N–C) groups is 1. The van der Waals surface area contributed by atoms with Crippen LogP contribution >= 0.6 is 11.6 Å². The lowest BCUT2D eigenvalue weighted by Crippen LogP contribution is -2.16. The normalized spacial score (nSPS) is 17.4. The molecule has 0 radical (unpaired) electrons. The molecule has 0 aliphatic carbocycles. The van der Waals surface area contributed by atoms with Crippen LogP contribution in [0.3, 0.4) is 0 Å². The van der Waals surface area contributed by atoms with Gasteiger partial charge in [0, 0.05) is 5.56 Å². The van der Waals surface area contributed by atoms with E-state index in [4.69, 9.17) is 16.3 Å². The average Bonchev–Trinajstić information content (AvgIpc) is 2.46. The average molecular weight is 272 g/mol. The maximum absolute atomic E-state index is 6.21. The molecular formula is C16H14ClNO. The van der Waals surface area contributed by atoms with Crippen molar-refractivity contribution < 1.29 is 4.74 Å². The van der Waals surface area contributed by atoms with Gasteiger partial charge in [0.15, 0.2) is 0 Å². The van der Waals surface area contributed by atoms with E-state index in [1.165, 1.54) is 0 Å². The maximum Gasteiger partial charge on any atom is 0.223 e. The van der Waals surface area contributed by atoms with E-state index in [0.717, 1.165) is 23.2 Å². The van der Waals surface area contributed by atoms with E-state index >= 15 is 0 Å². The van der Waals surface area contributed by atoms with Crippen LogP contribution in [0.2, 0.25) is 5.02 Å². The van der Waals surface area contributed by atoms with Crippen molar-refractivity contribution in [3.8, 4) is 0 Å². The van der Waals surface area contributed by atoms with Crippen LogP contribution in [0.15, 0.2) is 53.5 Å². The van der Waals surface area contributed by atoms with Crippen LogP contribution in [0.5, 0.6) is 0 Å². The van der Waals surface area contributed by atoms with Gasteiger partial charge in [-0.2, -0.15) is 0 Å². The van der Waals surface area contributed by atoms with Gasteiger partial charge < -0.3 is 4.74 Å². The van der Waals surface area contributed by atoms with Crippen molar-refractivity contribution in [1.82, 2.24) is 0 Å². The van der Waals surface area contributed by atoms with Crippen molar-refractivity contribution in [3.63, 3.8) is 0 Å². The molecule has 1 aliphatic rings. The van der Waals surface area contributed by atoms with Crippen LogP contribution in [0.25, 0.3) is 0 Å². The van der Waals surface area contributed by atoms with Crippen LogP contribution < -0.4 is 0 Å². The molecule has 0 bridgehead atoms. The third-order valence-electron chi connectivity index (χ3n) is 3.23. The molecular weight excluding hydrogens is 258 g/mol. The van der Waals surface area contributed by atoms with Gasteiger partial charge in [-0.25, -0.2) is 4.99 Å². The summed E-state index contributed by atoms with van der Waals surface area (Å²) in [6.07, 6.45) is 0.945. The highest BCUT2D eigenvalue weighted by Crippen LogP contribution is 2.36. The maximum atomic E-state index is 6.21. The molecule has 3 rings (SSSR count). The summed E-state index contributed by atoms with van der Waals surface area (Å²) in [7, 11) is 0. The van der Waals surface area contributed by atoms with Crippen molar-refractivity contribution in [2.75, 3.05) is 0 Å². The standard InChI is InChI=1S/C16H14ClNO/c1-2-15-12-8-4-6-10-14(12)18-16(19-15)11-7-3-5-9-13(11)17/h3-10,15H,2H2,1H3. The number of hydrogen-bond acceptors (Lipinski definition) is 2. The molecule has 2 aromatic carbocycles. The summed E-state index contributed by atoms with van der Waals surface area (Å²) >= 11 is 6.21. The Morgan fingerprint density at radius 1 is 1.11 bits per heavy atom. The number of para-hydroxylation sites is 1. The Morgan fingerprint density at radius 2 is 1.84 bits per heavy atom. The van der Waals surface area contributed by atoms with Gasteiger partial charge in [-0.05, 0) is 24.6 Å². The van der Waals surface area contributed by atoms with Gasteiger partial charge in [0.25, 0.3) is 0 Å². The summed E-state index contributed by atoms with van der Waals surface area (Å²) in [6.45, 7) is 2.11. The molecule has 1 unspecified atom stereocenters. The van der Waals surface area contributed by atoms with Crippen LogP contribution in [-0.2, 0) is 4.74 Å². The molecule has 0 amide bonds. The van der Waals surface area contributed by atoms with Gasteiger partial charge in [-0.3, -0.25) is 0 Å². The largest absolute Gasteiger partial charge is 0.469 e. The van der Waals surface area contributed by atoms with E-state index < -0.39 is 0 Å². The molecule has 0 saturated carbocycles. The molecule has 1 heterocycles. The van der Waals surface area contributed by atoms with Crippen molar-refractivity contribution in [2.24, 2.45) is 4.99 Å². The highest BCUT2D eigenvalue weighted by Gasteiger charge is 2.23. The fourth-order valence-corrected chi connectivity index (χ4v) is 2.47. The van der Waals surface area contributed by atoms with Crippen LogP contribution in [-0.4, -0.2) is 5.90 Å². The summed E-state index contributed by atoms with van der Waals surface area (Å²) in [5.41, 5.74) is 2.95. The van der Waals surface area contributed by atoms with Crippen LogP contribution in [0.4, 0.5) is 5.69 Å². The molecule has 2 nitrogen and oxygen atoms in total. The molecule has 1 aliphatic heterocycles. The van der Waals surface area contributed by atoms with Crippen molar-refractivity contribution in [2.45, 2.75) is 19.4 Å². The number of benzene rings is 2. The molecule has 0 fully saturated rings. The second-order valence-electron chi connectivity index (χ2n) is 4.47. The van der Waals surface area contributed by atoms with E-state index in [9.17, 15) is 0 Å². The summed E-state index contributed by atoms with van der Waals surface area (Å²) in [5, 5.41) is 0.662. The first-order valence-corrected chi connectivity index (χ1v) is 6.76. The van der Waals surface area contributed by atoms with Gasteiger partial charge in [-0.1, -0.05) is 48.9 Å². The third-order valence-corrected chi connectivity index (χ3v) is 3.56. The zero-order valence-electron chi connectivity index (χ0n) is 10.6. The molecule has 2 aromatic rings. The van der Waals surface area contributed by atoms with Gasteiger partial charge in [0.1, 0.15) is 6.10 Å². The Kier molecular flexibility index (Phi) is 3.26. The summed E-state index contributed by atoms with van der Waals surface area (Å²) < 4.78 is 5.99. The van der Waals surface area contributed by atoms with E-state index in [1.807, 2.05) is 42.5 Å². The van der Waals surface area contributed by atoms with E-state index in [-0.39, 0.29) is 6.10 Å². The second kappa shape index (κ2) is 5.06. The lowest BCUT2D eigenvalue weighted by Gasteiger charge is -2.25. The zero-order chi connectivity index (χ0) is 13.2. The second-order valence-corrected chi connectivity index (χ2v) is 4.88. The first-order chi connectivity index (χ1) is 9.29. The summed E-state index contributed by atoms with van der Waals surface area (Å²) in [6, 6.07) is 15.7. The topological polar surface area (TPSA) is 21.6 Å². The number of fused-ring (bicyclic) bond motifs is 1. The molecule has 19 heavy (non-hydrogen) atoms.